The van der Waals surface area contributed by atoms with Crippen molar-refractivity contribution in [2.75, 3.05) is 5.32 Å². The zero-order chi connectivity index (χ0) is 27.2. The van der Waals surface area contributed by atoms with Gasteiger partial charge in [0.15, 0.2) is 0 Å². The van der Waals surface area contributed by atoms with Gasteiger partial charge >= 0.3 is 0 Å². The minimum absolute atomic E-state index is 0.960. The van der Waals surface area contributed by atoms with Gasteiger partial charge in [-0.1, -0.05) is 121 Å². The second-order valence-electron chi connectivity index (χ2n) is 11.0. The average Bonchev–Trinajstić information content (AvgIpc) is 3.65. The van der Waals surface area contributed by atoms with Gasteiger partial charge in [-0.05, 0) is 104 Å². The molecule has 0 saturated heterocycles. The largest absolute Gasteiger partial charge is 0.356 e. The number of para-hydroxylation sites is 1. The summed E-state index contributed by atoms with van der Waals surface area (Å²) in [7, 11) is 0. The number of anilines is 2. The first-order valence-electron chi connectivity index (χ1n) is 14.4. The van der Waals surface area contributed by atoms with Crippen LogP contribution in [0.25, 0.3) is 45.0 Å². The van der Waals surface area contributed by atoms with Crippen molar-refractivity contribution in [1.29, 1.82) is 0 Å². The lowest BCUT2D eigenvalue weighted by Crippen LogP contribution is -1.93. The summed E-state index contributed by atoms with van der Waals surface area (Å²) in [4.78, 5) is 0. The van der Waals surface area contributed by atoms with Gasteiger partial charge in [-0.15, -0.1) is 0 Å². The second-order valence-corrected chi connectivity index (χ2v) is 11.0. The Morgan fingerprint density at radius 2 is 1.07 bits per heavy atom. The molecule has 0 saturated carbocycles. The lowest BCUT2D eigenvalue weighted by Gasteiger charge is -2.15. The number of hydrogen-bond acceptors (Lipinski definition) is 1. The predicted molar refractivity (Wildman–Crippen MR) is 173 cm³/mol. The predicted octanol–water partition coefficient (Wildman–Crippen LogP) is 10.4. The van der Waals surface area contributed by atoms with Crippen LogP contribution in [-0.2, 0) is 12.8 Å². The van der Waals surface area contributed by atoms with Crippen LogP contribution in [0.3, 0.4) is 0 Å². The van der Waals surface area contributed by atoms with E-state index in [0.29, 0.717) is 0 Å². The highest BCUT2D eigenvalue weighted by atomic mass is 14.9. The fourth-order valence-corrected chi connectivity index (χ4v) is 6.64. The molecule has 1 N–H and O–H groups in total. The number of rotatable bonds is 5. The van der Waals surface area contributed by atoms with Crippen LogP contribution in [0.1, 0.15) is 27.8 Å². The van der Waals surface area contributed by atoms with Gasteiger partial charge in [0.25, 0.3) is 0 Å². The van der Waals surface area contributed by atoms with Crippen LogP contribution < -0.4 is 5.32 Å². The summed E-state index contributed by atoms with van der Waals surface area (Å²) < 4.78 is 0. The quantitative estimate of drug-likeness (QED) is 0.237. The summed E-state index contributed by atoms with van der Waals surface area (Å²) in [6.45, 7) is 0. The Labute approximate surface area is 241 Å². The molecule has 0 atom stereocenters. The average molecular weight is 524 g/mol. The van der Waals surface area contributed by atoms with E-state index in [9.17, 15) is 0 Å². The van der Waals surface area contributed by atoms with Gasteiger partial charge in [0.05, 0.1) is 0 Å². The maximum atomic E-state index is 3.50. The van der Waals surface area contributed by atoms with E-state index in [1.807, 2.05) is 6.07 Å². The Hall–Kier alpha value is -5.14. The highest BCUT2D eigenvalue weighted by Crippen LogP contribution is 2.48. The molecule has 2 aliphatic rings. The molecular weight excluding hydrogens is 494 g/mol. The molecule has 2 aliphatic carbocycles. The Kier molecular flexibility index (Phi) is 5.67. The van der Waals surface area contributed by atoms with Crippen LogP contribution in [0, 0.1) is 0 Å². The van der Waals surface area contributed by atoms with E-state index < -0.39 is 0 Å². The molecule has 0 aliphatic heterocycles. The highest BCUT2D eigenvalue weighted by molar-refractivity contribution is 5.98. The molecule has 0 fully saturated rings. The summed E-state index contributed by atoms with van der Waals surface area (Å²) in [5.74, 6) is 0. The van der Waals surface area contributed by atoms with Crippen LogP contribution in [0.15, 0.2) is 140 Å². The van der Waals surface area contributed by atoms with Gasteiger partial charge in [-0.3, -0.25) is 0 Å². The smallest absolute Gasteiger partial charge is 0.0384 e. The Morgan fingerprint density at radius 3 is 1.90 bits per heavy atom. The zero-order valence-corrected chi connectivity index (χ0v) is 22.8. The van der Waals surface area contributed by atoms with Crippen molar-refractivity contribution in [2.24, 2.45) is 0 Å². The number of allylic oxidation sites excluding steroid dienone is 1. The second kappa shape index (κ2) is 9.80. The van der Waals surface area contributed by atoms with Crippen LogP contribution >= 0.6 is 0 Å². The van der Waals surface area contributed by atoms with Crippen molar-refractivity contribution in [3.63, 3.8) is 0 Å². The fourth-order valence-electron chi connectivity index (χ4n) is 6.64. The first-order valence-corrected chi connectivity index (χ1v) is 14.4. The lowest BCUT2D eigenvalue weighted by molar-refractivity contribution is 1.26. The van der Waals surface area contributed by atoms with Crippen molar-refractivity contribution >= 4 is 23.0 Å². The van der Waals surface area contributed by atoms with Crippen molar-refractivity contribution < 1.29 is 0 Å². The van der Waals surface area contributed by atoms with Crippen LogP contribution in [0.5, 0.6) is 0 Å². The molecule has 0 bridgehead atoms. The third kappa shape index (κ3) is 4.18. The summed E-state index contributed by atoms with van der Waals surface area (Å²) in [6.07, 6.45) is 4.30. The molecule has 194 valence electrons. The maximum absolute atomic E-state index is 3.50. The molecule has 6 aromatic rings. The van der Waals surface area contributed by atoms with E-state index in [1.165, 1.54) is 66.8 Å². The normalized spacial score (nSPS) is 12.8. The number of hydrogen-bond donors (Lipinski definition) is 1. The molecule has 8 rings (SSSR count). The van der Waals surface area contributed by atoms with Crippen molar-refractivity contribution in [3.8, 4) is 33.4 Å². The maximum Gasteiger partial charge on any atom is 0.0384 e. The van der Waals surface area contributed by atoms with Crippen LogP contribution in [0.2, 0.25) is 0 Å². The molecule has 0 unspecified atom stereocenters. The number of nitrogens with one attached hydrogen (secondary N) is 1. The topological polar surface area (TPSA) is 12.0 Å². The third-order valence-corrected chi connectivity index (χ3v) is 8.57. The molecule has 0 amide bonds. The van der Waals surface area contributed by atoms with Crippen LogP contribution in [0.4, 0.5) is 11.4 Å². The molecule has 0 radical (unpaired) electrons. The van der Waals surface area contributed by atoms with Gasteiger partial charge in [0.2, 0.25) is 0 Å². The minimum Gasteiger partial charge on any atom is -0.356 e. The standard InChI is InChI=1S/C40H29N/c1-3-10-27(11-4-1)31-24-29-12-7-17-35(38(29)26-31)36-18-8-13-30-25-39-34(16-9-19-37(39)40(30)36)28-20-22-33(23-21-28)41-32-14-5-2-6-15-32/h1-24,41H,25-26H2. The van der Waals surface area contributed by atoms with Crippen molar-refractivity contribution in [2.45, 2.75) is 12.8 Å². The summed E-state index contributed by atoms with van der Waals surface area (Å²) in [6, 6.07) is 50.5. The molecule has 1 heteroatoms. The van der Waals surface area contributed by atoms with Crippen molar-refractivity contribution in [3.05, 3.63) is 167 Å². The van der Waals surface area contributed by atoms with E-state index >= 15 is 0 Å². The van der Waals surface area contributed by atoms with E-state index in [0.717, 1.165) is 24.2 Å². The SMILES string of the molecule is C1=C(c2ccccc2)Cc2c1cccc2-c1cccc2c1-c1cccc(-c3ccc(Nc4ccccc4)cc3)c1C2. The monoisotopic (exact) mass is 523 g/mol. The molecule has 1 nitrogen and oxygen atoms in total. The molecule has 0 spiro atoms. The Bertz CT molecular complexity index is 1930. The molecule has 0 heterocycles. The van der Waals surface area contributed by atoms with E-state index in [2.05, 4.69) is 145 Å². The zero-order valence-electron chi connectivity index (χ0n) is 22.8. The first-order chi connectivity index (χ1) is 20.3. The fraction of sp³-hybridized carbons (Fsp3) is 0.0500. The summed E-state index contributed by atoms with van der Waals surface area (Å²) >= 11 is 0. The van der Waals surface area contributed by atoms with Crippen molar-refractivity contribution in [1.82, 2.24) is 0 Å². The molecule has 0 aromatic heterocycles. The van der Waals surface area contributed by atoms with Crippen LogP contribution in [-0.4, -0.2) is 0 Å². The van der Waals surface area contributed by atoms with E-state index in [1.54, 1.807) is 0 Å². The van der Waals surface area contributed by atoms with Gasteiger partial charge in [0.1, 0.15) is 0 Å². The van der Waals surface area contributed by atoms with Gasteiger partial charge in [-0.2, -0.15) is 0 Å². The Morgan fingerprint density at radius 1 is 0.415 bits per heavy atom. The summed E-state index contributed by atoms with van der Waals surface area (Å²) in [5, 5.41) is 3.50. The Balaban J connectivity index is 1.16. The van der Waals surface area contributed by atoms with Gasteiger partial charge in [0, 0.05) is 11.4 Å². The van der Waals surface area contributed by atoms with E-state index in [4.69, 9.17) is 0 Å². The summed E-state index contributed by atoms with van der Waals surface area (Å²) in [5.41, 5.74) is 18.6. The molecule has 41 heavy (non-hydrogen) atoms. The molecular formula is C40H29N. The van der Waals surface area contributed by atoms with E-state index in [-0.39, 0.29) is 0 Å². The number of fused-ring (bicyclic) bond motifs is 4. The first kappa shape index (κ1) is 23.7. The lowest BCUT2D eigenvalue weighted by atomic mass is 9.89. The van der Waals surface area contributed by atoms with Gasteiger partial charge < -0.3 is 5.32 Å². The third-order valence-electron chi connectivity index (χ3n) is 8.57. The number of benzene rings is 6. The molecule has 6 aromatic carbocycles. The minimum atomic E-state index is 0.960. The highest BCUT2D eigenvalue weighted by Gasteiger charge is 2.26. The van der Waals surface area contributed by atoms with Gasteiger partial charge in [-0.25, -0.2) is 0 Å².